The summed E-state index contributed by atoms with van der Waals surface area (Å²) in [7, 11) is 0. The molecule has 2 unspecified atom stereocenters. The molecule has 0 aliphatic carbocycles. The van der Waals surface area contributed by atoms with Crippen LogP contribution in [0.4, 0.5) is 0 Å². The lowest BCUT2D eigenvalue weighted by Gasteiger charge is -2.46. The Labute approximate surface area is 121 Å². The van der Waals surface area contributed by atoms with Crippen molar-refractivity contribution in [1.82, 2.24) is 9.80 Å². The van der Waals surface area contributed by atoms with Crippen LogP contribution in [-0.2, 0) is 13.1 Å². The molecular formula is C17H25N3. The molecule has 1 aromatic rings. The van der Waals surface area contributed by atoms with Gasteiger partial charge in [-0.1, -0.05) is 30.7 Å². The van der Waals surface area contributed by atoms with Gasteiger partial charge in [0, 0.05) is 32.2 Å². The number of hydrogen-bond donors (Lipinski definition) is 1. The molecule has 3 aliphatic heterocycles. The van der Waals surface area contributed by atoms with Crippen LogP contribution in [0.2, 0.25) is 0 Å². The van der Waals surface area contributed by atoms with E-state index in [-0.39, 0.29) is 5.54 Å². The normalized spacial score (nSPS) is 34.1. The van der Waals surface area contributed by atoms with Crippen LogP contribution in [0.25, 0.3) is 0 Å². The third-order valence-electron chi connectivity index (χ3n) is 5.89. The van der Waals surface area contributed by atoms with E-state index in [0.717, 1.165) is 19.6 Å². The van der Waals surface area contributed by atoms with Gasteiger partial charge in [-0.15, -0.1) is 0 Å². The molecule has 3 heteroatoms. The van der Waals surface area contributed by atoms with Crippen LogP contribution in [-0.4, -0.2) is 41.0 Å². The van der Waals surface area contributed by atoms with E-state index in [4.69, 9.17) is 5.73 Å². The van der Waals surface area contributed by atoms with Gasteiger partial charge < -0.3 is 5.73 Å². The van der Waals surface area contributed by atoms with Gasteiger partial charge >= 0.3 is 0 Å². The SMILES string of the molecule is NCC1(N2Cc3ccccc3C2)CCN2CCCCC21. The standard InChI is InChI=1S/C17H25N3/c18-13-17(8-10-19-9-4-3-7-16(17)19)20-11-14-5-1-2-6-15(14)12-20/h1-2,5-6,16H,3-4,7-13,18H2. The molecule has 1 aromatic carbocycles. The van der Waals surface area contributed by atoms with Gasteiger partial charge in [-0.2, -0.15) is 0 Å². The largest absolute Gasteiger partial charge is 0.329 e. The molecule has 3 nitrogen and oxygen atoms in total. The molecule has 0 amide bonds. The lowest BCUT2D eigenvalue weighted by molar-refractivity contribution is 0.0345. The lowest BCUT2D eigenvalue weighted by Crippen LogP contribution is -2.60. The summed E-state index contributed by atoms with van der Waals surface area (Å²) in [6, 6.07) is 9.59. The lowest BCUT2D eigenvalue weighted by atomic mass is 9.84. The maximum Gasteiger partial charge on any atom is 0.0505 e. The molecule has 0 bridgehead atoms. The number of nitrogens with two attached hydrogens (primary N) is 1. The second-order valence-electron chi connectivity index (χ2n) is 6.73. The van der Waals surface area contributed by atoms with Crippen molar-refractivity contribution in [2.45, 2.75) is 50.4 Å². The van der Waals surface area contributed by atoms with E-state index in [1.807, 2.05) is 0 Å². The number of fused-ring (bicyclic) bond motifs is 2. The Bertz CT molecular complexity index is 476. The van der Waals surface area contributed by atoms with Crippen molar-refractivity contribution in [1.29, 1.82) is 0 Å². The molecule has 4 rings (SSSR count). The van der Waals surface area contributed by atoms with Gasteiger partial charge in [0.15, 0.2) is 0 Å². The first-order chi connectivity index (χ1) is 9.83. The average molecular weight is 271 g/mol. The third-order valence-corrected chi connectivity index (χ3v) is 5.89. The predicted octanol–water partition coefficient (Wildman–Crippen LogP) is 1.96. The molecule has 108 valence electrons. The summed E-state index contributed by atoms with van der Waals surface area (Å²) in [5.74, 6) is 0. The van der Waals surface area contributed by atoms with E-state index in [1.165, 1.54) is 49.9 Å². The summed E-state index contributed by atoms with van der Waals surface area (Å²) < 4.78 is 0. The van der Waals surface area contributed by atoms with Gasteiger partial charge in [0.2, 0.25) is 0 Å². The number of nitrogens with zero attached hydrogens (tertiary/aromatic N) is 2. The minimum atomic E-state index is 0.222. The van der Waals surface area contributed by atoms with E-state index in [2.05, 4.69) is 34.1 Å². The van der Waals surface area contributed by atoms with E-state index < -0.39 is 0 Å². The molecule has 2 atom stereocenters. The number of rotatable bonds is 2. The number of benzene rings is 1. The Balaban J connectivity index is 1.63. The van der Waals surface area contributed by atoms with Crippen LogP contribution in [0.1, 0.15) is 36.8 Å². The zero-order valence-electron chi connectivity index (χ0n) is 12.2. The van der Waals surface area contributed by atoms with Crippen molar-refractivity contribution >= 4 is 0 Å². The molecular weight excluding hydrogens is 246 g/mol. The summed E-state index contributed by atoms with van der Waals surface area (Å²) in [6.07, 6.45) is 5.34. The van der Waals surface area contributed by atoms with E-state index in [0.29, 0.717) is 6.04 Å². The second-order valence-corrected chi connectivity index (χ2v) is 6.73. The molecule has 0 aromatic heterocycles. The molecule has 0 spiro atoms. The summed E-state index contributed by atoms with van der Waals surface area (Å²) in [5, 5.41) is 0. The Morgan fingerprint density at radius 3 is 2.55 bits per heavy atom. The van der Waals surface area contributed by atoms with Gasteiger partial charge in [0.25, 0.3) is 0 Å². The summed E-state index contributed by atoms with van der Waals surface area (Å²) in [5.41, 5.74) is 9.56. The van der Waals surface area contributed by atoms with Crippen LogP contribution >= 0.6 is 0 Å². The third kappa shape index (κ3) is 1.77. The molecule has 0 saturated carbocycles. The van der Waals surface area contributed by atoms with E-state index in [1.54, 1.807) is 0 Å². The zero-order valence-corrected chi connectivity index (χ0v) is 12.2. The van der Waals surface area contributed by atoms with Crippen molar-refractivity contribution in [2.24, 2.45) is 5.73 Å². The number of hydrogen-bond acceptors (Lipinski definition) is 3. The van der Waals surface area contributed by atoms with Crippen molar-refractivity contribution < 1.29 is 0 Å². The van der Waals surface area contributed by atoms with Gasteiger partial charge in [-0.05, 0) is 36.9 Å². The first kappa shape index (κ1) is 12.8. The van der Waals surface area contributed by atoms with Gasteiger partial charge in [-0.3, -0.25) is 9.80 Å². The molecule has 2 N–H and O–H groups in total. The Hall–Kier alpha value is -0.900. The average Bonchev–Trinajstić information content (AvgIpc) is 3.09. The highest BCUT2D eigenvalue weighted by Crippen LogP contribution is 2.42. The van der Waals surface area contributed by atoms with E-state index >= 15 is 0 Å². The first-order valence-corrected chi connectivity index (χ1v) is 8.09. The van der Waals surface area contributed by atoms with E-state index in [9.17, 15) is 0 Å². The summed E-state index contributed by atoms with van der Waals surface area (Å²) in [4.78, 5) is 5.40. The predicted molar refractivity (Wildman–Crippen MR) is 81.3 cm³/mol. The Morgan fingerprint density at radius 2 is 1.85 bits per heavy atom. The highest BCUT2D eigenvalue weighted by atomic mass is 15.3. The monoisotopic (exact) mass is 271 g/mol. The first-order valence-electron chi connectivity index (χ1n) is 8.09. The van der Waals surface area contributed by atoms with Crippen LogP contribution in [0.5, 0.6) is 0 Å². The topological polar surface area (TPSA) is 32.5 Å². The molecule has 3 heterocycles. The molecule has 0 radical (unpaired) electrons. The van der Waals surface area contributed by atoms with Crippen molar-refractivity contribution in [3.63, 3.8) is 0 Å². The minimum absolute atomic E-state index is 0.222. The van der Waals surface area contributed by atoms with Crippen LogP contribution < -0.4 is 5.73 Å². The van der Waals surface area contributed by atoms with Crippen LogP contribution in [0, 0.1) is 0 Å². The van der Waals surface area contributed by atoms with Crippen LogP contribution in [0.3, 0.4) is 0 Å². The Morgan fingerprint density at radius 1 is 1.10 bits per heavy atom. The number of piperidine rings is 1. The fourth-order valence-corrected chi connectivity index (χ4v) is 4.76. The van der Waals surface area contributed by atoms with Crippen molar-refractivity contribution in [3.05, 3.63) is 35.4 Å². The Kier molecular flexibility index (Phi) is 3.09. The van der Waals surface area contributed by atoms with Gasteiger partial charge in [0.05, 0.1) is 5.54 Å². The van der Waals surface area contributed by atoms with Crippen molar-refractivity contribution in [2.75, 3.05) is 19.6 Å². The molecule has 20 heavy (non-hydrogen) atoms. The van der Waals surface area contributed by atoms with Crippen molar-refractivity contribution in [3.8, 4) is 0 Å². The van der Waals surface area contributed by atoms with Gasteiger partial charge in [-0.25, -0.2) is 0 Å². The molecule has 3 aliphatic rings. The van der Waals surface area contributed by atoms with Gasteiger partial charge in [0.1, 0.15) is 0 Å². The zero-order chi connectivity index (χ0) is 13.6. The highest BCUT2D eigenvalue weighted by Gasteiger charge is 2.51. The fourth-order valence-electron chi connectivity index (χ4n) is 4.76. The minimum Gasteiger partial charge on any atom is -0.329 e. The summed E-state index contributed by atoms with van der Waals surface area (Å²) in [6.45, 7) is 5.53. The quantitative estimate of drug-likeness (QED) is 0.892. The maximum atomic E-state index is 6.32. The summed E-state index contributed by atoms with van der Waals surface area (Å²) >= 11 is 0. The molecule has 2 fully saturated rings. The second kappa shape index (κ2) is 4.83. The van der Waals surface area contributed by atoms with Crippen LogP contribution in [0.15, 0.2) is 24.3 Å². The maximum absolute atomic E-state index is 6.32. The highest BCUT2D eigenvalue weighted by molar-refractivity contribution is 5.31. The smallest absolute Gasteiger partial charge is 0.0505 e. The fraction of sp³-hybridized carbons (Fsp3) is 0.647. The molecule has 2 saturated heterocycles.